The first-order chi connectivity index (χ1) is 8.29. The molecule has 0 heterocycles. The Morgan fingerprint density at radius 2 is 2.12 bits per heavy atom. The van der Waals surface area contributed by atoms with Crippen LogP contribution in [0.3, 0.4) is 0 Å². The summed E-state index contributed by atoms with van der Waals surface area (Å²) in [5.74, 6) is 0.338. The van der Waals surface area contributed by atoms with Gasteiger partial charge in [-0.1, -0.05) is 30.3 Å². The van der Waals surface area contributed by atoms with Gasteiger partial charge >= 0.3 is 5.97 Å². The zero-order valence-electron chi connectivity index (χ0n) is 9.99. The summed E-state index contributed by atoms with van der Waals surface area (Å²) in [6, 6.07) is 9.16. The second kappa shape index (κ2) is 8.09. The number of rotatable bonds is 7. The summed E-state index contributed by atoms with van der Waals surface area (Å²) in [6.45, 7) is 2.89. The van der Waals surface area contributed by atoms with E-state index in [9.17, 15) is 4.79 Å². The van der Waals surface area contributed by atoms with E-state index in [2.05, 4.69) is 5.32 Å². The molecule has 0 fully saturated rings. The van der Waals surface area contributed by atoms with Gasteiger partial charge in [0.05, 0.1) is 6.61 Å². The summed E-state index contributed by atoms with van der Waals surface area (Å²) in [5, 5.41) is 3.16. The smallest absolute Gasteiger partial charge is 0.327 e. The lowest BCUT2D eigenvalue weighted by Gasteiger charge is -2.17. The highest BCUT2D eigenvalue weighted by Gasteiger charge is 2.20. The summed E-state index contributed by atoms with van der Waals surface area (Å²) < 4.78 is 5.05. The Labute approximate surface area is 107 Å². The van der Waals surface area contributed by atoms with E-state index < -0.39 is 6.04 Å². The minimum absolute atomic E-state index is 0.242. The van der Waals surface area contributed by atoms with Crippen molar-refractivity contribution in [1.29, 1.82) is 0 Å². The van der Waals surface area contributed by atoms with Crippen molar-refractivity contribution in [3.63, 3.8) is 0 Å². The molecule has 1 rings (SSSR count). The summed E-state index contributed by atoms with van der Waals surface area (Å²) >= 11 is 5.62. The van der Waals surface area contributed by atoms with E-state index in [1.165, 1.54) is 0 Å². The van der Waals surface area contributed by atoms with Crippen LogP contribution in [0.1, 0.15) is 24.9 Å². The number of carbonyl (C=O) groups is 1. The quantitative estimate of drug-likeness (QED) is 0.462. The second-order valence-corrected chi connectivity index (χ2v) is 3.97. The Morgan fingerprint density at radius 3 is 2.71 bits per heavy atom. The number of nitrogens with one attached hydrogen (secondary N) is 1. The first kappa shape index (κ1) is 14.0. The minimum atomic E-state index is -0.403. The van der Waals surface area contributed by atoms with Gasteiger partial charge in [0, 0.05) is 5.88 Å². The predicted octanol–water partition coefficient (Wildman–Crippen LogP) is 2.51. The van der Waals surface area contributed by atoms with Crippen LogP contribution in [0.2, 0.25) is 0 Å². The fraction of sp³-hybridized carbons (Fsp3) is 0.462. The molecule has 0 aliphatic heterocycles. The molecule has 1 aromatic carbocycles. The van der Waals surface area contributed by atoms with Gasteiger partial charge in [0.1, 0.15) is 6.04 Å². The Balaban J connectivity index is 2.68. The monoisotopic (exact) mass is 255 g/mol. The molecule has 0 saturated heterocycles. The summed E-state index contributed by atoms with van der Waals surface area (Å²) in [7, 11) is 0. The molecule has 0 aliphatic rings. The lowest BCUT2D eigenvalue weighted by molar-refractivity contribution is -0.145. The number of benzene rings is 1. The number of hydrogen-bond donors (Lipinski definition) is 1. The van der Waals surface area contributed by atoms with Crippen molar-refractivity contribution < 1.29 is 9.53 Å². The van der Waals surface area contributed by atoms with Gasteiger partial charge < -0.3 is 10.1 Å². The van der Waals surface area contributed by atoms with Gasteiger partial charge in [-0.3, -0.25) is 0 Å². The molecule has 0 radical (unpaired) electrons. The van der Waals surface area contributed by atoms with Crippen molar-refractivity contribution >= 4 is 17.6 Å². The molecule has 4 heteroatoms. The average Bonchev–Trinajstić information content (AvgIpc) is 2.36. The van der Waals surface area contributed by atoms with E-state index in [1.807, 2.05) is 30.3 Å². The number of hydrogen-bond acceptors (Lipinski definition) is 3. The molecule has 0 unspecified atom stereocenters. The number of carbonyl (C=O) groups excluding carboxylic acids is 1. The van der Waals surface area contributed by atoms with Crippen molar-refractivity contribution in [3.8, 4) is 0 Å². The minimum Gasteiger partial charge on any atom is -0.465 e. The summed E-state index contributed by atoms with van der Waals surface area (Å²) in [4.78, 5) is 11.8. The Kier molecular flexibility index (Phi) is 6.67. The normalized spacial score (nSPS) is 12.1. The number of halogens is 1. The maximum Gasteiger partial charge on any atom is 0.327 e. The van der Waals surface area contributed by atoms with Crippen LogP contribution in [-0.4, -0.2) is 25.0 Å². The highest BCUT2D eigenvalue weighted by Crippen LogP contribution is 2.14. The Morgan fingerprint density at radius 1 is 1.41 bits per heavy atom. The zero-order chi connectivity index (χ0) is 12.5. The first-order valence-corrected chi connectivity index (χ1v) is 6.34. The Hall–Kier alpha value is -1.06. The van der Waals surface area contributed by atoms with Crippen LogP contribution in [0.25, 0.3) is 0 Å². The topological polar surface area (TPSA) is 38.3 Å². The van der Waals surface area contributed by atoms with Gasteiger partial charge in [-0.25, -0.2) is 4.79 Å². The molecule has 0 amide bonds. The summed E-state index contributed by atoms with van der Waals surface area (Å²) in [6.07, 6.45) is 0.824. The molecule has 0 spiro atoms. The molecule has 0 saturated carbocycles. The van der Waals surface area contributed by atoms with Crippen LogP contribution in [0.15, 0.2) is 30.3 Å². The van der Waals surface area contributed by atoms with Crippen molar-refractivity contribution in [2.45, 2.75) is 19.4 Å². The second-order valence-electron chi connectivity index (χ2n) is 3.59. The van der Waals surface area contributed by atoms with Crippen LogP contribution >= 0.6 is 11.6 Å². The first-order valence-electron chi connectivity index (χ1n) is 5.80. The molecule has 17 heavy (non-hydrogen) atoms. The highest BCUT2D eigenvalue weighted by atomic mass is 35.5. The molecule has 3 nitrogen and oxygen atoms in total. The zero-order valence-corrected chi connectivity index (χ0v) is 10.7. The molecule has 0 aliphatic carbocycles. The number of alkyl halides is 1. The van der Waals surface area contributed by atoms with Crippen LogP contribution in [0, 0.1) is 0 Å². The van der Waals surface area contributed by atoms with Crippen molar-refractivity contribution in [1.82, 2.24) is 5.32 Å². The van der Waals surface area contributed by atoms with E-state index in [0.29, 0.717) is 19.0 Å². The Bertz CT molecular complexity index is 329. The van der Waals surface area contributed by atoms with Gasteiger partial charge in [0.15, 0.2) is 0 Å². The molecule has 0 aromatic heterocycles. The molecule has 1 N–H and O–H groups in total. The molecular formula is C13H18ClNO2. The molecule has 1 aromatic rings. The predicted molar refractivity (Wildman–Crippen MR) is 69.2 cm³/mol. The van der Waals surface area contributed by atoms with Crippen molar-refractivity contribution in [2.75, 3.05) is 19.0 Å². The number of esters is 1. The van der Waals surface area contributed by atoms with Crippen molar-refractivity contribution in [2.24, 2.45) is 0 Å². The molecule has 0 bridgehead atoms. The maximum atomic E-state index is 11.8. The van der Waals surface area contributed by atoms with Crippen molar-refractivity contribution in [3.05, 3.63) is 35.9 Å². The van der Waals surface area contributed by atoms with Crippen LogP contribution in [-0.2, 0) is 9.53 Å². The number of ether oxygens (including phenoxy) is 1. The van der Waals surface area contributed by atoms with E-state index in [1.54, 1.807) is 6.92 Å². The van der Waals surface area contributed by atoms with Crippen LogP contribution in [0.4, 0.5) is 0 Å². The third-order valence-corrected chi connectivity index (χ3v) is 2.58. The third-order valence-electron chi connectivity index (χ3n) is 2.31. The van der Waals surface area contributed by atoms with E-state index >= 15 is 0 Å². The lowest BCUT2D eigenvalue weighted by Crippen LogP contribution is -2.31. The van der Waals surface area contributed by atoms with Crippen LogP contribution < -0.4 is 5.32 Å². The van der Waals surface area contributed by atoms with Gasteiger partial charge in [0.2, 0.25) is 0 Å². The maximum absolute atomic E-state index is 11.8. The van der Waals surface area contributed by atoms with E-state index in [4.69, 9.17) is 16.3 Å². The molecule has 1 atom stereocenters. The highest BCUT2D eigenvalue weighted by molar-refractivity contribution is 6.17. The average molecular weight is 256 g/mol. The van der Waals surface area contributed by atoms with Gasteiger partial charge in [-0.05, 0) is 25.5 Å². The fourth-order valence-electron chi connectivity index (χ4n) is 1.52. The van der Waals surface area contributed by atoms with E-state index in [-0.39, 0.29) is 5.97 Å². The standard InChI is InChI=1S/C13H18ClNO2/c1-2-17-13(16)12(15-10-6-9-14)11-7-4-3-5-8-11/h3-5,7-8,12,15H,2,6,9-10H2,1H3/t12-/m1/s1. The van der Waals surface area contributed by atoms with Crippen LogP contribution in [0.5, 0.6) is 0 Å². The molecule has 94 valence electrons. The van der Waals surface area contributed by atoms with Gasteiger partial charge in [-0.2, -0.15) is 0 Å². The van der Waals surface area contributed by atoms with Gasteiger partial charge in [-0.15, -0.1) is 11.6 Å². The third kappa shape index (κ3) is 4.75. The van der Waals surface area contributed by atoms with Gasteiger partial charge in [0.25, 0.3) is 0 Å². The van der Waals surface area contributed by atoms with E-state index in [0.717, 1.165) is 12.0 Å². The largest absolute Gasteiger partial charge is 0.465 e. The SMILES string of the molecule is CCOC(=O)[C@H](NCCCCl)c1ccccc1. The fourth-order valence-corrected chi connectivity index (χ4v) is 1.66. The summed E-state index contributed by atoms with van der Waals surface area (Å²) in [5.41, 5.74) is 0.917. The lowest BCUT2D eigenvalue weighted by atomic mass is 10.1. The molecular weight excluding hydrogens is 238 g/mol.